The molecule has 0 spiro atoms. The molecule has 2 aliphatic rings. The summed E-state index contributed by atoms with van der Waals surface area (Å²) in [6, 6.07) is 4.08. The Balaban J connectivity index is 1.79. The van der Waals surface area contributed by atoms with Crippen LogP contribution < -0.4 is 4.90 Å². The standard InChI is InChI=1S/C21H22N4O/c1-13-5-6-16(11-22-13)15-7-8-17-18(9-15)25(20(26)21(17,3)4)19-12-23-14(2)10-24-19/h5-7,9-12,17H,8H2,1-4H3. The second-order valence-corrected chi connectivity index (χ2v) is 7.58. The normalized spacial score (nSPS) is 21.3. The number of hydrogen-bond acceptors (Lipinski definition) is 4. The number of aromatic nitrogens is 3. The molecule has 0 radical (unpaired) electrons. The van der Waals surface area contributed by atoms with Gasteiger partial charge in [0.2, 0.25) is 5.91 Å². The quantitative estimate of drug-likeness (QED) is 0.829. The zero-order valence-corrected chi connectivity index (χ0v) is 15.5. The Labute approximate surface area is 153 Å². The number of aryl methyl sites for hydroxylation is 2. The summed E-state index contributed by atoms with van der Waals surface area (Å²) in [5.41, 5.74) is 4.51. The summed E-state index contributed by atoms with van der Waals surface area (Å²) in [6.45, 7) is 7.90. The van der Waals surface area contributed by atoms with Crippen molar-refractivity contribution in [2.24, 2.45) is 11.3 Å². The van der Waals surface area contributed by atoms with Crippen LogP contribution in [0.1, 0.15) is 37.2 Å². The topological polar surface area (TPSA) is 59.0 Å². The van der Waals surface area contributed by atoms with Gasteiger partial charge in [0, 0.05) is 23.5 Å². The molecule has 0 aromatic carbocycles. The first-order chi connectivity index (χ1) is 12.4. The maximum absolute atomic E-state index is 13.1. The van der Waals surface area contributed by atoms with E-state index >= 15 is 0 Å². The Kier molecular flexibility index (Phi) is 3.75. The van der Waals surface area contributed by atoms with E-state index in [0.29, 0.717) is 5.82 Å². The third-order valence-corrected chi connectivity index (χ3v) is 5.36. The second kappa shape index (κ2) is 5.87. The fraction of sp³-hybridized carbons (Fsp3) is 0.333. The van der Waals surface area contributed by atoms with Crippen LogP contribution in [0.4, 0.5) is 5.82 Å². The number of rotatable bonds is 2. The van der Waals surface area contributed by atoms with Crippen molar-refractivity contribution in [1.82, 2.24) is 15.0 Å². The summed E-state index contributed by atoms with van der Waals surface area (Å²) in [5.74, 6) is 0.801. The van der Waals surface area contributed by atoms with Gasteiger partial charge < -0.3 is 0 Å². The van der Waals surface area contributed by atoms with E-state index in [0.717, 1.165) is 34.6 Å². The van der Waals surface area contributed by atoms with Crippen LogP contribution in [-0.4, -0.2) is 20.9 Å². The van der Waals surface area contributed by atoms with Gasteiger partial charge in [-0.3, -0.25) is 19.7 Å². The van der Waals surface area contributed by atoms with Crippen LogP contribution in [0.15, 0.2) is 48.6 Å². The number of pyridine rings is 1. The monoisotopic (exact) mass is 346 g/mol. The van der Waals surface area contributed by atoms with E-state index in [1.807, 2.05) is 40.0 Å². The van der Waals surface area contributed by atoms with Crippen molar-refractivity contribution in [3.05, 3.63) is 65.5 Å². The fourth-order valence-electron chi connectivity index (χ4n) is 3.70. The summed E-state index contributed by atoms with van der Waals surface area (Å²) < 4.78 is 0. The first-order valence-corrected chi connectivity index (χ1v) is 8.86. The molecular weight excluding hydrogens is 324 g/mol. The molecule has 0 saturated carbocycles. The van der Waals surface area contributed by atoms with E-state index in [9.17, 15) is 4.79 Å². The largest absolute Gasteiger partial charge is 0.273 e. The Morgan fingerprint density at radius 3 is 2.46 bits per heavy atom. The molecule has 1 fully saturated rings. The molecule has 4 rings (SSSR count). The van der Waals surface area contributed by atoms with Gasteiger partial charge in [-0.2, -0.15) is 0 Å². The number of nitrogens with zero attached hydrogens (tertiary/aromatic N) is 4. The molecule has 1 atom stereocenters. The van der Waals surface area contributed by atoms with Crippen molar-refractivity contribution in [2.75, 3.05) is 4.90 Å². The molecule has 5 nitrogen and oxygen atoms in total. The molecule has 0 bridgehead atoms. The molecule has 2 aromatic heterocycles. The lowest BCUT2D eigenvalue weighted by molar-refractivity contribution is -0.125. The van der Waals surface area contributed by atoms with Crippen molar-refractivity contribution < 1.29 is 4.79 Å². The van der Waals surface area contributed by atoms with Gasteiger partial charge in [0.25, 0.3) is 0 Å². The van der Waals surface area contributed by atoms with Crippen molar-refractivity contribution >= 4 is 17.3 Å². The van der Waals surface area contributed by atoms with Gasteiger partial charge in [-0.1, -0.05) is 26.0 Å². The summed E-state index contributed by atoms with van der Waals surface area (Å²) in [6.07, 6.45) is 10.4. The lowest BCUT2D eigenvalue weighted by atomic mass is 9.75. The van der Waals surface area contributed by atoms with E-state index in [-0.39, 0.29) is 11.8 Å². The van der Waals surface area contributed by atoms with Crippen molar-refractivity contribution in [3.8, 4) is 0 Å². The van der Waals surface area contributed by atoms with E-state index in [2.05, 4.69) is 33.2 Å². The third kappa shape index (κ3) is 2.55. The highest BCUT2D eigenvalue weighted by molar-refractivity contribution is 6.04. The van der Waals surface area contributed by atoms with Crippen LogP contribution in [0.5, 0.6) is 0 Å². The highest BCUT2D eigenvalue weighted by atomic mass is 16.2. The highest BCUT2D eigenvalue weighted by Gasteiger charge is 2.51. The number of carbonyl (C=O) groups excluding carboxylic acids is 1. The minimum atomic E-state index is -0.466. The Morgan fingerprint density at radius 2 is 1.81 bits per heavy atom. The Hall–Kier alpha value is -2.82. The van der Waals surface area contributed by atoms with Gasteiger partial charge in [-0.15, -0.1) is 0 Å². The molecule has 1 aliphatic carbocycles. The third-order valence-electron chi connectivity index (χ3n) is 5.36. The predicted molar refractivity (Wildman–Crippen MR) is 101 cm³/mol. The van der Waals surface area contributed by atoms with Gasteiger partial charge >= 0.3 is 0 Å². The summed E-state index contributed by atoms with van der Waals surface area (Å²) >= 11 is 0. The molecule has 0 N–H and O–H groups in total. The van der Waals surface area contributed by atoms with E-state index in [1.54, 1.807) is 17.3 Å². The van der Waals surface area contributed by atoms with Crippen LogP contribution in [0.3, 0.4) is 0 Å². The lowest BCUT2D eigenvalue weighted by Crippen LogP contribution is -2.31. The van der Waals surface area contributed by atoms with Crippen molar-refractivity contribution in [2.45, 2.75) is 34.1 Å². The van der Waals surface area contributed by atoms with Gasteiger partial charge in [0.05, 0.1) is 23.5 Å². The maximum atomic E-state index is 13.1. The van der Waals surface area contributed by atoms with Crippen LogP contribution in [-0.2, 0) is 4.79 Å². The van der Waals surface area contributed by atoms with Gasteiger partial charge in [-0.25, -0.2) is 4.98 Å². The van der Waals surface area contributed by atoms with E-state index < -0.39 is 5.41 Å². The predicted octanol–water partition coefficient (Wildman–Crippen LogP) is 3.85. The van der Waals surface area contributed by atoms with Crippen LogP contribution in [0, 0.1) is 25.2 Å². The number of carbonyl (C=O) groups is 1. The molecule has 5 heteroatoms. The molecule has 3 heterocycles. The zero-order chi connectivity index (χ0) is 18.5. The Bertz CT molecular complexity index is 923. The summed E-state index contributed by atoms with van der Waals surface area (Å²) in [4.78, 5) is 28.1. The fourth-order valence-corrected chi connectivity index (χ4v) is 3.70. The minimum absolute atomic E-state index is 0.0728. The second-order valence-electron chi connectivity index (χ2n) is 7.58. The molecule has 1 aliphatic heterocycles. The zero-order valence-electron chi connectivity index (χ0n) is 15.5. The molecule has 2 aromatic rings. The maximum Gasteiger partial charge on any atom is 0.238 e. The molecule has 1 unspecified atom stereocenters. The molecular formula is C21H22N4O. The van der Waals surface area contributed by atoms with Crippen LogP contribution in [0.25, 0.3) is 5.57 Å². The molecule has 132 valence electrons. The van der Waals surface area contributed by atoms with Gasteiger partial charge in [0.1, 0.15) is 0 Å². The van der Waals surface area contributed by atoms with Crippen molar-refractivity contribution in [1.29, 1.82) is 0 Å². The molecule has 1 amide bonds. The average Bonchev–Trinajstić information content (AvgIpc) is 2.83. The SMILES string of the molecule is Cc1ccc(C2=CCC3C(=C2)N(c2cnc(C)cn2)C(=O)C3(C)C)cn1. The van der Waals surface area contributed by atoms with Crippen LogP contribution >= 0.6 is 0 Å². The Morgan fingerprint density at radius 1 is 1.04 bits per heavy atom. The number of hydrogen-bond donors (Lipinski definition) is 0. The molecule has 26 heavy (non-hydrogen) atoms. The number of amides is 1. The van der Waals surface area contributed by atoms with Gasteiger partial charge in [-0.05, 0) is 43.5 Å². The van der Waals surface area contributed by atoms with Gasteiger partial charge in [0.15, 0.2) is 5.82 Å². The summed E-state index contributed by atoms with van der Waals surface area (Å²) in [5, 5.41) is 0. The number of anilines is 1. The smallest absolute Gasteiger partial charge is 0.238 e. The summed E-state index contributed by atoms with van der Waals surface area (Å²) in [7, 11) is 0. The highest BCUT2D eigenvalue weighted by Crippen LogP contribution is 2.49. The number of allylic oxidation sites excluding steroid dienone is 4. The van der Waals surface area contributed by atoms with E-state index in [1.165, 1.54) is 0 Å². The minimum Gasteiger partial charge on any atom is -0.273 e. The van der Waals surface area contributed by atoms with E-state index in [4.69, 9.17) is 0 Å². The first kappa shape index (κ1) is 16.6. The molecule has 1 saturated heterocycles. The number of fused-ring (bicyclic) bond motifs is 1. The first-order valence-electron chi connectivity index (χ1n) is 8.86. The van der Waals surface area contributed by atoms with Crippen LogP contribution in [0.2, 0.25) is 0 Å². The lowest BCUT2D eigenvalue weighted by Gasteiger charge is -2.25. The van der Waals surface area contributed by atoms with Crippen molar-refractivity contribution in [3.63, 3.8) is 0 Å². The average molecular weight is 346 g/mol.